The molecule has 2 aromatic heterocycles. The molecule has 1 aromatic carbocycles. The number of alkyl halides is 2. The van der Waals surface area contributed by atoms with Gasteiger partial charge in [-0.3, -0.25) is 14.7 Å². The van der Waals surface area contributed by atoms with Crippen LogP contribution in [0.5, 0.6) is 17.4 Å². The van der Waals surface area contributed by atoms with Gasteiger partial charge in [-0.2, -0.15) is 0 Å². The van der Waals surface area contributed by atoms with Crippen molar-refractivity contribution in [2.45, 2.75) is 84.6 Å². The van der Waals surface area contributed by atoms with Gasteiger partial charge in [0.15, 0.2) is 5.82 Å². The Labute approximate surface area is 312 Å². The molecule has 1 spiro atoms. The molecule has 0 bridgehead atoms. The van der Waals surface area contributed by atoms with Gasteiger partial charge in [-0.15, -0.1) is 10.2 Å². The highest BCUT2D eigenvalue weighted by atomic mass is 19.3. The van der Waals surface area contributed by atoms with Crippen molar-refractivity contribution in [2.75, 3.05) is 50.7 Å². The molecule has 0 radical (unpaired) electrons. The average molecular weight is 753 g/mol. The molecule has 0 atom stereocenters. The SMILES string of the molecule is CC(C)N(CC(F)F)C(=O)c1cc(F)ccc1Oc1nncnc1N1CC2(CC(Oc3ccnc4c3CN(CC3CN(C(=O)OC(C)(C)C)C3)CC4)C2)C1. The Morgan fingerprint density at radius 1 is 1.07 bits per heavy atom. The Morgan fingerprint density at radius 3 is 2.54 bits per heavy atom. The number of likely N-dealkylation sites (tertiary alicyclic amines) is 1. The van der Waals surface area contributed by atoms with Gasteiger partial charge in [0.05, 0.1) is 12.1 Å². The number of amides is 2. The number of ether oxygens (including phenoxy) is 3. The van der Waals surface area contributed by atoms with E-state index in [4.69, 9.17) is 14.2 Å². The Balaban J connectivity index is 0.940. The number of hydrogen-bond acceptors (Lipinski definition) is 11. The summed E-state index contributed by atoms with van der Waals surface area (Å²) < 4.78 is 59.0. The van der Waals surface area contributed by atoms with Crippen LogP contribution >= 0.6 is 0 Å². The van der Waals surface area contributed by atoms with Crippen LogP contribution in [0.4, 0.5) is 23.8 Å². The van der Waals surface area contributed by atoms with Gasteiger partial charge in [-0.1, -0.05) is 0 Å². The van der Waals surface area contributed by atoms with Crippen molar-refractivity contribution in [3.63, 3.8) is 0 Å². The van der Waals surface area contributed by atoms with E-state index in [-0.39, 0.29) is 34.8 Å². The monoisotopic (exact) mass is 752 g/mol. The van der Waals surface area contributed by atoms with E-state index in [1.165, 1.54) is 12.4 Å². The van der Waals surface area contributed by atoms with E-state index in [1.54, 1.807) is 18.7 Å². The van der Waals surface area contributed by atoms with Crippen LogP contribution in [0.15, 0.2) is 36.8 Å². The average Bonchev–Trinajstić information content (AvgIpc) is 3.05. The summed E-state index contributed by atoms with van der Waals surface area (Å²) in [4.78, 5) is 41.9. The fourth-order valence-electron chi connectivity index (χ4n) is 7.84. The van der Waals surface area contributed by atoms with E-state index in [1.807, 2.05) is 37.9 Å². The molecule has 0 unspecified atom stereocenters. The maximum atomic E-state index is 14.3. The van der Waals surface area contributed by atoms with Crippen LogP contribution in [-0.2, 0) is 17.7 Å². The summed E-state index contributed by atoms with van der Waals surface area (Å²) in [6.45, 7) is 13.4. The fraction of sp³-hybridized carbons (Fsp3) is 0.579. The lowest BCUT2D eigenvalue weighted by molar-refractivity contribution is -0.0354. The summed E-state index contributed by atoms with van der Waals surface area (Å²) >= 11 is 0. The first-order chi connectivity index (χ1) is 25.6. The minimum Gasteiger partial charge on any atom is -0.490 e. The number of aromatic nitrogens is 4. The molecule has 13 nitrogen and oxygen atoms in total. The van der Waals surface area contributed by atoms with E-state index in [9.17, 15) is 22.8 Å². The summed E-state index contributed by atoms with van der Waals surface area (Å²) in [5.74, 6) is 0.188. The van der Waals surface area contributed by atoms with Gasteiger partial charge < -0.3 is 28.9 Å². The molecule has 5 heterocycles. The van der Waals surface area contributed by atoms with Crippen molar-refractivity contribution in [3.05, 3.63) is 59.4 Å². The highest BCUT2D eigenvalue weighted by molar-refractivity contribution is 5.97. The highest BCUT2D eigenvalue weighted by Crippen LogP contribution is 2.52. The molecule has 7 rings (SSSR count). The van der Waals surface area contributed by atoms with Crippen molar-refractivity contribution in [3.8, 4) is 17.4 Å². The number of nitrogens with zero attached hydrogens (tertiary/aromatic N) is 8. The molecule has 0 N–H and O–H groups in total. The lowest BCUT2D eigenvalue weighted by Gasteiger charge is -2.58. The quantitative estimate of drug-likeness (QED) is 0.244. The maximum absolute atomic E-state index is 14.3. The molecule has 3 aliphatic heterocycles. The highest BCUT2D eigenvalue weighted by Gasteiger charge is 2.54. The zero-order valence-corrected chi connectivity index (χ0v) is 31.3. The molecule has 54 heavy (non-hydrogen) atoms. The van der Waals surface area contributed by atoms with Crippen molar-refractivity contribution < 1.29 is 37.0 Å². The number of benzene rings is 1. The first-order valence-corrected chi connectivity index (χ1v) is 18.5. The van der Waals surface area contributed by atoms with Crippen molar-refractivity contribution in [2.24, 2.45) is 11.3 Å². The number of rotatable bonds is 11. The van der Waals surface area contributed by atoms with E-state index in [2.05, 4.69) is 25.1 Å². The van der Waals surface area contributed by atoms with Gasteiger partial charge >= 0.3 is 6.09 Å². The molecule has 2 amide bonds. The number of hydrogen-bond donors (Lipinski definition) is 0. The fourth-order valence-corrected chi connectivity index (χ4v) is 7.84. The van der Waals surface area contributed by atoms with Crippen molar-refractivity contribution in [1.29, 1.82) is 0 Å². The molecule has 1 saturated carbocycles. The first kappa shape index (κ1) is 37.6. The lowest BCUT2D eigenvalue weighted by Crippen LogP contribution is -2.65. The zero-order chi connectivity index (χ0) is 38.4. The van der Waals surface area contributed by atoms with Crippen LogP contribution in [0.2, 0.25) is 0 Å². The summed E-state index contributed by atoms with van der Waals surface area (Å²) in [7, 11) is 0. The number of anilines is 1. The molecule has 4 aliphatic rings. The van der Waals surface area contributed by atoms with E-state index in [0.717, 1.165) is 72.9 Å². The second kappa shape index (κ2) is 14.8. The molecule has 290 valence electrons. The molecule has 2 saturated heterocycles. The lowest BCUT2D eigenvalue weighted by atomic mass is 9.61. The minimum absolute atomic E-state index is 0.0255. The third-order valence-electron chi connectivity index (χ3n) is 10.4. The molecular formula is C38H47F3N8O5. The summed E-state index contributed by atoms with van der Waals surface area (Å²) in [5.41, 5.74) is 1.52. The van der Waals surface area contributed by atoms with Crippen LogP contribution in [0.25, 0.3) is 0 Å². The number of fused-ring (bicyclic) bond motifs is 1. The molecule has 3 fully saturated rings. The predicted molar refractivity (Wildman–Crippen MR) is 191 cm³/mol. The van der Waals surface area contributed by atoms with E-state index < -0.39 is 36.3 Å². The Hall–Kier alpha value is -4.73. The standard InChI is InChI=1S/C38H47F3N8O5/c1-23(2)49(19-32(40)41)35(50)27-12-25(39)6-7-30(27)53-34-33(43-22-44-45-34)48-20-38(21-48)13-26(14-38)52-31-8-10-42-29-9-11-46(18-28(29)31)15-24-16-47(17-24)36(51)54-37(3,4)5/h6-8,10,12,22-24,26,32H,9,11,13-21H2,1-5H3. The normalized spacial score (nSPS) is 18.6. The largest absolute Gasteiger partial charge is 0.490 e. The predicted octanol–water partition coefficient (Wildman–Crippen LogP) is 5.59. The van der Waals surface area contributed by atoms with Gasteiger partial charge in [0.1, 0.15) is 35.3 Å². The zero-order valence-electron chi connectivity index (χ0n) is 31.3. The third kappa shape index (κ3) is 8.17. The summed E-state index contributed by atoms with van der Waals surface area (Å²) in [5, 5.41) is 7.98. The molecule has 16 heteroatoms. The molecule has 3 aromatic rings. The van der Waals surface area contributed by atoms with E-state index in [0.29, 0.717) is 37.9 Å². The minimum atomic E-state index is -2.76. The second-order valence-electron chi connectivity index (χ2n) is 16.2. The van der Waals surface area contributed by atoms with Gasteiger partial charge in [-0.25, -0.2) is 22.9 Å². The number of carbonyl (C=O) groups is 2. The maximum Gasteiger partial charge on any atom is 0.410 e. The van der Waals surface area contributed by atoms with Crippen LogP contribution in [0.3, 0.4) is 0 Å². The Morgan fingerprint density at radius 2 is 1.83 bits per heavy atom. The summed E-state index contributed by atoms with van der Waals surface area (Å²) in [6.07, 6.45) is 2.70. The smallest absolute Gasteiger partial charge is 0.410 e. The van der Waals surface area contributed by atoms with Gasteiger partial charge in [0.2, 0.25) is 0 Å². The van der Waals surface area contributed by atoms with Crippen LogP contribution in [0, 0.1) is 17.2 Å². The van der Waals surface area contributed by atoms with Gasteiger partial charge in [0.25, 0.3) is 18.2 Å². The van der Waals surface area contributed by atoms with Crippen LogP contribution in [0.1, 0.15) is 69.1 Å². The van der Waals surface area contributed by atoms with Gasteiger partial charge in [0, 0.05) is 87.1 Å². The molecular weight excluding hydrogens is 705 g/mol. The number of carbonyl (C=O) groups excluding carboxylic acids is 2. The van der Waals surface area contributed by atoms with Gasteiger partial charge in [-0.05, 0) is 71.7 Å². The number of pyridine rings is 1. The van der Waals surface area contributed by atoms with E-state index >= 15 is 0 Å². The second-order valence-corrected chi connectivity index (χ2v) is 16.2. The summed E-state index contributed by atoms with van der Waals surface area (Å²) in [6, 6.07) is 4.77. The van der Waals surface area contributed by atoms with Crippen LogP contribution in [-0.4, -0.2) is 117 Å². The first-order valence-electron chi connectivity index (χ1n) is 18.5. The number of halogens is 3. The molecule has 1 aliphatic carbocycles. The van der Waals surface area contributed by atoms with Crippen molar-refractivity contribution >= 4 is 17.8 Å². The van der Waals surface area contributed by atoms with Crippen LogP contribution < -0.4 is 14.4 Å². The Bertz CT molecular complexity index is 1860. The third-order valence-corrected chi connectivity index (χ3v) is 10.4. The topological polar surface area (TPSA) is 126 Å². The van der Waals surface area contributed by atoms with Crippen molar-refractivity contribution in [1.82, 2.24) is 34.9 Å². The Kier molecular flexibility index (Phi) is 10.3.